The van der Waals surface area contributed by atoms with E-state index in [1.807, 2.05) is 13.8 Å². The van der Waals surface area contributed by atoms with Gasteiger partial charge in [-0.15, -0.1) is 0 Å². The lowest BCUT2D eigenvalue weighted by Crippen LogP contribution is -2.34. The molecule has 0 amide bonds. The standard InChI is InChI=1S/C13H26O2/c1-7-8-9-12(2,3)10-13(4,5)11(14)15-6/h8-9,11,14H,7,10H2,1-6H3. The van der Waals surface area contributed by atoms with Gasteiger partial charge in [-0.05, 0) is 18.3 Å². The van der Waals surface area contributed by atoms with E-state index >= 15 is 0 Å². The molecule has 0 radical (unpaired) electrons. The minimum atomic E-state index is -0.702. The lowest BCUT2D eigenvalue weighted by atomic mass is 9.74. The van der Waals surface area contributed by atoms with E-state index in [0.29, 0.717) is 0 Å². The minimum absolute atomic E-state index is 0.0962. The van der Waals surface area contributed by atoms with Crippen molar-refractivity contribution in [3.05, 3.63) is 12.2 Å². The van der Waals surface area contributed by atoms with Crippen molar-refractivity contribution in [2.24, 2.45) is 10.8 Å². The second kappa shape index (κ2) is 5.66. The molecule has 15 heavy (non-hydrogen) atoms. The zero-order valence-electron chi connectivity index (χ0n) is 11.0. The largest absolute Gasteiger partial charge is 0.368 e. The Morgan fingerprint density at radius 1 is 1.27 bits per heavy atom. The molecule has 1 atom stereocenters. The van der Waals surface area contributed by atoms with Gasteiger partial charge >= 0.3 is 0 Å². The van der Waals surface area contributed by atoms with E-state index in [-0.39, 0.29) is 10.8 Å². The van der Waals surface area contributed by atoms with Crippen LogP contribution in [0, 0.1) is 10.8 Å². The van der Waals surface area contributed by atoms with Crippen LogP contribution in [-0.4, -0.2) is 18.5 Å². The van der Waals surface area contributed by atoms with E-state index < -0.39 is 6.29 Å². The molecule has 0 spiro atoms. The molecule has 1 unspecified atom stereocenters. The summed E-state index contributed by atoms with van der Waals surface area (Å²) in [4.78, 5) is 0. The molecule has 0 saturated carbocycles. The molecule has 0 aliphatic rings. The van der Waals surface area contributed by atoms with Gasteiger partial charge in [-0.2, -0.15) is 0 Å². The van der Waals surface area contributed by atoms with Crippen LogP contribution in [-0.2, 0) is 4.74 Å². The van der Waals surface area contributed by atoms with Crippen LogP contribution in [0.5, 0.6) is 0 Å². The summed E-state index contributed by atoms with van der Waals surface area (Å²) in [6.45, 7) is 10.6. The van der Waals surface area contributed by atoms with Crippen molar-refractivity contribution in [2.45, 2.75) is 53.8 Å². The predicted octanol–water partition coefficient (Wildman–Crippen LogP) is 3.36. The minimum Gasteiger partial charge on any atom is -0.368 e. The second-order valence-corrected chi connectivity index (χ2v) is 5.55. The first-order valence-corrected chi connectivity index (χ1v) is 5.64. The van der Waals surface area contributed by atoms with Gasteiger partial charge in [0.15, 0.2) is 6.29 Å². The number of ether oxygens (including phenoxy) is 1. The summed E-state index contributed by atoms with van der Waals surface area (Å²) >= 11 is 0. The number of allylic oxidation sites excluding steroid dienone is 2. The Balaban J connectivity index is 4.49. The van der Waals surface area contributed by atoms with Crippen molar-refractivity contribution in [2.75, 3.05) is 7.11 Å². The molecule has 0 bridgehead atoms. The topological polar surface area (TPSA) is 29.5 Å². The average Bonchev–Trinajstić information content (AvgIpc) is 2.11. The molecule has 0 saturated heterocycles. The van der Waals surface area contributed by atoms with E-state index in [1.54, 1.807) is 7.11 Å². The van der Waals surface area contributed by atoms with Crippen LogP contribution in [0.15, 0.2) is 12.2 Å². The van der Waals surface area contributed by atoms with Gasteiger partial charge < -0.3 is 9.84 Å². The normalized spacial score (nSPS) is 15.9. The molecule has 0 aromatic rings. The van der Waals surface area contributed by atoms with E-state index in [4.69, 9.17) is 4.74 Å². The zero-order chi connectivity index (χ0) is 12.1. The first kappa shape index (κ1) is 14.7. The van der Waals surface area contributed by atoms with Crippen molar-refractivity contribution < 1.29 is 9.84 Å². The monoisotopic (exact) mass is 214 g/mol. The quantitative estimate of drug-likeness (QED) is 0.542. The Bertz CT molecular complexity index is 205. The highest BCUT2D eigenvalue weighted by Crippen LogP contribution is 2.37. The van der Waals surface area contributed by atoms with Crippen molar-refractivity contribution >= 4 is 0 Å². The summed E-state index contributed by atoms with van der Waals surface area (Å²) in [6.07, 6.45) is 5.64. The molecular weight excluding hydrogens is 188 g/mol. The third-order valence-electron chi connectivity index (χ3n) is 2.61. The molecule has 0 aromatic heterocycles. The first-order valence-electron chi connectivity index (χ1n) is 5.64. The number of hydrogen-bond donors (Lipinski definition) is 1. The average molecular weight is 214 g/mol. The molecule has 0 aliphatic heterocycles. The summed E-state index contributed by atoms with van der Waals surface area (Å²) in [5, 5.41) is 9.73. The molecule has 0 fully saturated rings. The maximum atomic E-state index is 9.73. The lowest BCUT2D eigenvalue weighted by molar-refractivity contribution is -0.154. The van der Waals surface area contributed by atoms with Gasteiger partial charge in [0.2, 0.25) is 0 Å². The lowest BCUT2D eigenvalue weighted by Gasteiger charge is -2.35. The van der Waals surface area contributed by atoms with Gasteiger partial charge in [0.05, 0.1) is 0 Å². The summed E-state index contributed by atoms with van der Waals surface area (Å²) in [6, 6.07) is 0. The fourth-order valence-corrected chi connectivity index (χ4v) is 2.08. The van der Waals surface area contributed by atoms with Gasteiger partial charge in [-0.25, -0.2) is 0 Å². The number of aliphatic hydroxyl groups is 1. The SMILES string of the molecule is CCC=CC(C)(C)CC(C)(C)C(O)OC. The fourth-order valence-electron chi connectivity index (χ4n) is 2.08. The van der Waals surface area contributed by atoms with E-state index in [0.717, 1.165) is 12.8 Å². The number of hydrogen-bond acceptors (Lipinski definition) is 2. The van der Waals surface area contributed by atoms with Crippen molar-refractivity contribution in [1.82, 2.24) is 0 Å². The van der Waals surface area contributed by atoms with Gasteiger partial charge in [0, 0.05) is 12.5 Å². The van der Waals surface area contributed by atoms with Crippen LogP contribution >= 0.6 is 0 Å². The Labute approximate surface area is 94.3 Å². The first-order chi connectivity index (χ1) is 6.75. The van der Waals surface area contributed by atoms with Gasteiger partial charge in [-0.3, -0.25) is 0 Å². The Kier molecular flexibility index (Phi) is 5.54. The molecule has 0 aliphatic carbocycles. The highest BCUT2D eigenvalue weighted by molar-refractivity contribution is 4.97. The number of aliphatic hydroxyl groups excluding tert-OH is 1. The van der Waals surface area contributed by atoms with Crippen LogP contribution in [0.2, 0.25) is 0 Å². The molecule has 2 nitrogen and oxygen atoms in total. The van der Waals surface area contributed by atoms with Crippen LogP contribution in [0.1, 0.15) is 47.5 Å². The third kappa shape index (κ3) is 5.33. The van der Waals surface area contributed by atoms with Crippen molar-refractivity contribution in [3.8, 4) is 0 Å². The highest BCUT2D eigenvalue weighted by Gasteiger charge is 2.33. The second-order valence-electron chi connectivity index (χ2n) is 5.55. The molecule has 1 N–H and O–H groups in total. The Morgan fingerprint density at radius 2 is 1.80 bits per heavy atom. The van der Waals surface area contributed by atoms with Gasteiger partial charge in [0.1, 0.15) is 0 Å². The van der Waals surface area contributed by atoms with Gasteiger partial charge in [-0.1, -0.05) is 46.8 Å². The summed E-state index contributed by atoms with van der Waals surface area (Å²) in [5.74, 6) is 0. The van der Waals surface area contributed by atoms with Gasteiger partial charge in [0.25, 0.3) is 0 Å². The summed E-state index contributed by atoms with van der Waals surface area (Å²) in [5.41, 5.74) is -0.130. The molecule has 0 aromatic carbocycles. The molecule has 2 heteroatoms. The molecular formula is C13H26O2. The van der Waals surface area contributed by atoms with Crippen molar-refractivity contribution in [3.63, 3.8) is 0 Å². The van der Waals surface area contributed by atoms with Crippen LogP contribution in [0.25, 0.3) is 0 Å². The van der Waals surface area contributed by atoms with Crippen molar-refractivity contribution in [1.29, 1.82) is 0 Å². The number of rotatable bonds is 6. The van der Waals surface area contributed by atoms with Crippen LogP contribution in [0.3, 0.4) is 0 Å². The van der Waals surface area contributed by atoms with E-state index in [1.165, 1.54) is 0 Å². The Hall–Kier alpha value is -0.340. The number of methoxy groups -OCH3 is 1. The fraction of sp³-hybridized carbons (Fsp3) is 0.846. The summed E-state index contributed by atoms with van der Waals surface area (Å²) < 4.78 is 5.00. The van der Waals surface area contributed by atoms with E-state index in [9.17, 15) is 5.11 Å². The smallest absolute Gasteiger partial charge is 0.159 e. The predicted molar refractivity (Wildman–Crippen MR) is 64.6 cm³/mol. The third-order valence-corrected chi connectivity index (χ3v) is 2.61. The highest BCUT2D eigenvalue weighted by atomic mass is 16.6. The zero-order valence-corrected chi connectivity index (χ0v) is 11.0. The molecule has 0 heterocycles. The molecule has 0 rings (SSSR count). The maximum absolute atomic E-state index is 9.73. The maximum Gasteiger partial charge on any atom is 0.159 e. The molecule has 90 valence electrons. The summed E-state index contributed by atoms with van der Waals surface area (Å²) in [7, 11) is 1.54. The Morgan fingerprint density at radius 3 is 2.20 bits per heavy atom. The van der Waals surface area contributed by atoms with Crippen LogP contribution in [0.4, 0.5) is 0 Å². The van der Waals surface area contributed by atoms with E-state index in [2.05, 4.69) is 32.9 Å². The van der Waals surface area contributed by atoms with Crippen LogP contribution < -0.4 is 0 Å².